The van der Waals surface area contributed by atoms with Crippen LogP contribution in [0.2, 0.25) is 5.02 Å². The van der Waals surface area contributed by atoms with Gasteiger partial charge in [-0.15, -0.1) is 0 Å². The second kappa shape index (κ2) is 6.91. The summed E-state index contributed by atoms with van der Waals surface area (Å²) < 4.78 is 6.40. The van der Waals surface area contributed by atoms with Crippen molar-refractivity contribution in [3.8, 4) is 11.3 Å². The summed E-state index contributed by atoms with van der Waals surface area (Å²) in [5, 5.41) is 0.654. The van der Waals surface area contributed by atoms with Crippen molar-refractivity contribution in [1.82, 2.24) is 4.90 Å². The first-order valence-electron chi connectivity index (χ1n) is 7.19. The van der Waals surface area contributed by atoms with Crippen LogP contribution in [0.15, 0.2) is 45.7 Å². The number of amides is 1. The molecule has 1 aromatic carbocycles. The molecule has 1 amide bonds. The molecule has 6 heteroatoms. The van der Waals surface area contributed by atoms with Gasteiger partial charge < -0.3 is 4.42 Å². The van der Waals surface area contributed by atoms with Crippen LogP contribution in [-0.4, -0.2) is 21.7 Å². The third-order valence-corrected chi connectivity index (χ3v) is 4.94. The molecule has 0 unspecified atom stereocenters. The van der Waals surface area contributed by atoms with E-state index in [1.165, 1.54) is 11.8 Å². The van der Waals surface area contributed by atoms with Gasteiger partial charge in [0.05, 0.1) is 4.91 Å². The Bertz CT molecular complexity index is 797. The summed E-state index contributed by atoms with van der Waals surface area (Å²) in [5.41, 5.74) is 0.899. The maximum absolute atomic E-state index is 12.3. The molecule has 3 nitrogen and oxygen atoms in total. The number of thiocarbonyl (C=S) groups is 1. The highest BCUT2D eigenvalue weighted by Crippen LogP contribution is 2.33. The molecule has 1 fully saturated rings. The number of hydrogen-bond acceptors (Lipinski definition) is 4. The van der Waals surface area contributed by atoms with Gasteiger partial charge in [-0.1, -0.05) is 54.6 Å². The summed E-state index contributed by atoms with van der Waals surface area (Å²) in [6.07, 6.45) is 2.61. The topological polar surface area (TPSA) is 33.5 Å². The van der Waals surface area contributed by atoms with Crippen LogP contribution in [0.5, 0.6) is 0 Å². The molecule has 1 aliphatic rings. The molecule has 1 aliphatic heterocycles. The zero-order chi connectivity index (χ0) is 16.4. The molecule has 23 heavy (non-hydrogen) atoms. The van der Waals surface area contributed by atoms with Gasteiger partial charge in [0.15, 0.2) is 0 Å². The van der Waals surface area contributed by atoms with E-state index in [1.54, 1.807) is 11.0 Å². The minimum atomic E-state index is -0.0532. The zero-order valence-electron chi connectivity index (χ0n) is 12.4. The van der Waals surface area contributed by atoms with E-state index >= 15 is 0 Å². The Morgan fingerprint density at radius 1 is 1.35 bits per heavy atom. The maximum Gasteiger partial charge on any atom is 0.266 e. The Hall–Kier alpha value is -1.56. The molecule has 0 N–H and O–H groups in total. The minimum Gasteiger partial charge on any atom is -0.457 e. The SMILES string of the molecule is CCCN1C(=O)C(=Cc2ccc(-c3cccc(Cl)c3)o2)SC1=S. The molecule has 3 rings (SSSR count). The highest BCUT2D eigenvalue weighted by molar-refractivity contribution is 8.26. The molecule has 0 spiro atoms. The van der Waals surface area contributed by atoms with Gasteiger partial charge in [0.2, 0.25) is 0 Å². The van der Waals surface area contributed by atoms with Gasteiger partial charge in [-0.3, -0.25) is 9.69 Å². The van der Waals surface area contributed by atoms with Crippen molar-refractivity contribution in [2.75, 3.05) is 6.54 Å². The highest BCUT2D eigenvalue weighted by atomic mass is 35.5. The predicted octanol–water partition coefficient (Wildman–Crippen LogP) is 5.21. The second-order valence-electron chi connectivity index (χ2n) is 5.05. The molecule has 0 radical (unpaired) electrons. The maximum atomic E-state index is 12.3. The van der Waals surface area contributed by atoms with Crippen LogP contribution in [0, 0.1) is 0 Å². The number of benzene rings is 1. The van der Waals surface area contributed by atoms with Gasteiger partial charge in [-0.05, 0) is 30.7 Å². The second-order valence-corrected chi connectivity index (χ2v) is 7.16. The standard InChI is InChI=1S/C17H14ClNO2S2/c1-2-8-19-16(20)15(23-17(19)22)10-13-6-7-14(21-13)11-4-3-5-12(18)9-11/h3-7,9-10H,2,8H2,1H3. The van der Waals surface area contributed by atoms with Crippen molar-refractivity contribution in [2.24, 2.45) is 0 Å². The molecule has 118 valence electrons. The lowest BCUT2D eigenvalue weighted by Gasteiger charge is -2.11. The summed E-state index contributed by atoms with van der Waals surface area (Å²) in [5.74, 6) is 1.28. The molecule has 0 bridgehead atoms. The lowest BCUT2D eigenvalue weighted by molar-refractivity contribution is -0.122. The Morgan fingerprint density at radius 2 is 2.17 bits per heavy atom. The Kier molecular flexibility index (Phi) is 4.90. The van der Waals surface area contributed by atoms with Crippen LogP contribution >= 0.6 is 35.6 Å². The zero-order valence-corrected chi connectivity index (χ0v) is 14.8. The molecular weight excluding hydrogens is 350 g/mol. The summed E-state index contributed by atoms with van der Waals surface area (Å²) in [4.78, 5) is 14.5. The number of halogens is 1. The predicted molar refractivity (Wildman–Crippen MR) is 99.3 cm³/mol. The summed E-state index contributed by atoms with van der Waals surface area (Å²) >= 11 is 12.6. The lowest BCUT2D eigenvalue weighted by atomic mass is 10.2. The number of furan rings is 1. The summed E-state index contributed by atoms with van der Waals surface area (Å²) in [6, 6.07) is 11.1. The van der Waals surface area contributed by atoms with E-state index in [0.29, 0.717) is 32.3 Å². The average molecular weight is 364 g/mol. The van der Waals surface area contributed by atoms with Crippen molar-refractivity contribution in [2.45, 2.75) is 13.3 Å². The third kappa shape index (κ3) is 3.52. The van der Waals surface area contributed by atoms with Gasteiger partial charge in [0, 0.05) is 23.2 Å². The van der Waals surface area contributed by atoms with E-state index in [-0.39, 0.29) is 5.91 Å². The number of rotatable bonds is 4. The minimum absolute atomic E-state index is 0.0532. The van der Waals surface area contributed by atoms with Crippen molar-refractivity contribution >= 4 is 51.9 Å². The third-order valence-electron chi connectivity index (χ3n) is 3.33. The fourth-order valence-corrected chi connectivity index (χ4v) is 3.75. The van der Waals surface area contributed by atoms with Gasteiger partial charge in [0.1, 0.15) is 15.8 Å². The van der Waals surface area contributed by atoms with Crippen molar-refractivity contribution in [3.63, 3.8) is 0 Å². The molecule has 0 saturated carbocycles. The number of carbonyl (C=O) groups is 1. The fourth-order valence-electron chi connectivity index (χ4n) is 2.27. The first-order valence-corrected chi connectivity index (χ1v) is 8.80. The number of carbonyl (C=O) groups excluding carboxylic acids is 1. The van der Waals surface area contributed by atoms with Crippen LogP contribution in [0.4, 0.5) is 0 Å². The van der Waals surface area contributed by atoms with Crippen molar-refractivity contribution in [3.05, 3.63) is 52.1 Å². The summed E-state index contributed by atoms with van der Waals surface area (Å²) in [6.45, 7) is 2.67. The molecule has 2 heterocycles. The fraction of sp³-hybridized carbons (Fsp3) is 0.176. The van der Waals surface area contributed by atoms with Crippen LogP contribution in [0.25, 0.3) is 17.4 Å². The Morgan fingerprint density at radius 3 is 2.91 bits per heavy atom. The van der Waals surface area contributed by atoms with E-state index in [1.807, 2.05) is 43.3 Å². The van der Waals surface area contributed by atoms with E-state index in [4.69, 9.17) is 28.2 Å². The van der Waals surface area contributed by atoms with Crippen LogP contribution in [0.3, 0.4) is 0 Å². The Labute approximate surface area is 149 Å². The van der Waals surface area contributed by atoms with Crippen LogP contribution in [0.1, 0.15) is 19.1 Å². The smallest absolute Gasteiger partial charge is 0.266 e. The van der Waals surface area contributed by atoms with E-state index in [2.05, 4.69) is 0 Å². The monoisotopic (exact) mass is 363 g/mol. The summed E-state index contributed by atoms with van der Waals surface area (Å²) in [7, 11) is 0. The molecule has 2 aromatic rings. The molecule has 1 aromatic heterocycles. The first kappa shape index (κ1) is 16.3. The van der Waals surface area contributed by atoms with Gasteiger partial charge in [-0.2, -0.15) is 0 Å². The van der Waals surface area contributed by atoms with E-state index in [9.17, 15) is 4.79 Å². The van der Waals surface area contributed by atoms with Crippen LogP contribution in [-0.2, 0) is 4.79 Å². The van der Waals surface area contributed by atoms with Crippen molar-refractivity contribution < 1.29 is 9.21 Å². The normalized spacial score (nSPS) is 16.6. The number of thioether (sulfide) groups is 1. The van der Waals surface area contributed by atoms with Gasteiger partial charge >= 0.3 is 0 Å². The molecule has 0 aliphatic carbocycles. The number of nitrogens with zero attached hydrogens (tertiary/aromatic N) is 1. The first-order chi connectivity index (χ1) is 11.1. The van der Waals surface area contributed by atoms with E-state index in [0.717, 1.165) is 12.0 Å². The molecule has 1 saturated heterocycles. The van der Waals surface area contributed by atoms with Gasteiger partial charge in [-0.25, -0.2) is 0 Å². The van der Waals surface area contributed by atoms with Crippen LogP contribution < -0.4 is 0 Å². The van der Waals surface area contributed by atoms with Gasteiger partial charge in [0.25, 0.3) is 5.91 Å². The molecule has 0 atom stereocenters. The van der Waals surface area contributed by atoms with E-state index < -0.39 is 0 Å². The molecular formula is C17H14ClNO2S2. The average Bonchev–Trinajstić information content (AvgIpc) is 3.09. The quantitative estimate of drug-likeness (QED) is 0.551. The highest BCUT2D eigenvalue weighted by Gasteiger charge is 2.31. The van der Waals surface area contributed by atoms with Crippen molar-refractivity contribution in [1.29, 1.82) is 0 Å². The number of hydrogen-bond donors (Lipinski definition) is 0. The lowest BCUT2D eigenvalue weighted by Crippen LogP contribution is -2.28. The Balaban J connectivity index is 1.84. The largest absolute Gasteiger partial charge is 0.457 e.